The van der Waals surface area contributed by atoms with E-state index in [1.807, 2.05) is 26.1 Å². The van der Waals surface area contributed by atoms with Crippen LogP contribution >= 0.6 is 22.6 Å². The van der Waals surface area contributed by atoms with Crippen LogP contribution in [-0.2, 0) is 11.3 Å². The minimum absolute atomic E-state index is 0.0499. The summed E-state index contributed by atoms with van der Waals surface area (Å²) in [5.74, 6) is 0.0499. The van der Waals surface area contributed by atoms with Crippen LogP contribution in [0.3, 0.4) is 0 Å². The standard InChI is InChI=1S/C18H21IN2O/c1-13-4-6-15(7-5-13)11-21(3)12-18(22)20-17-9-8-16(19)10-14(17)2/h4-10H,11-12H2,1-3H3,(H,20,22)/p+1. The number of anilines is 1. The van der Waals surface area contributed by atoms with Gasteiger partial charge < -0.3 is 10.2 Å². The summed E-state index contributed by atoms with van der Waals surface area (Å²) in [4.78, 5) is 13.3. The van der Waals surface area contributed by atoms with E-state index in [0.29, 0.717) is 6.54 Å². The molecule has 0 saturated heterocycles. The Hall–Kier alpha value is -1.40. The number of rotatable bonds is 5. The molecule has 0 aromatic heterocycles. The monoisotopic (exact) mass is 409 g/mol. The summed E-state index contributed by atoms with van der Waals surface area (Å²) >= 11 is 2.27. The molecule has 0 aliphatic rings. The smallest absolute Gasteiger partial charge is 0.279 e. The Labute approximate surface area is 145 Å². The van der Waals surface area contributed by atoms with Crippen LogP contribution in [0.5, 0.6) is 0 Å². The van der Waals surface area contributed by atoms with Crippen molar-refractivity contribution in [1.82, 2.24) is 0 Å². The van der Waals surface area contributed by atoms with Gasteiger partial charge in [-0.05, 0) is 60.2 Å². The average molecular weight is 409 g/mol. The maximum atomic E-state index is 12.2. The highest BCUT2D eigenvalue weighted by molar-refractivity contribution is 14.1. The quantitative estimate of drug-likeness (QED) is 0.732. The van der Waals surface area contributed by atoms with Crippen molar-refractivity contribution in [3.05, 3.63) is 62.7 Å². The van der Waals surface area contributed by atoms with E-state index < -0.39 is 0 Å². The van der Waals surface area contributed by atoms with Gasteiger partial charge in [0.15, 0.2) is 6.54 Å². The third kappa shape index (κ3) is 5.10. The van der Waals surface area contributed by atoms with Gasteiger partial charge >= 0.3 is 0 Å². The number of aryl methyl sites for hydroxylation is 2. The Morgan fingerprint density at radius 3 is 2.45 bits per heavy atom. The van der Waals surface area contributed by atoms with Crippen molar-refractivity contribution in [2.24, 2.45) is 0 Å². The first-order valence-corrected chi connectivity index (χ1v) is 8.45. The van der Waals surface area contributed by atoms with Gasteiger partial charge in [0.1, 0.15) is 6.54 Å². The molecule has 4 heteroatoms. The first kappa shape index (κ1) is 17.0. The first-order valence-electron chi connectivity index (χ1n) is 7.37. The van der Waals surface area contributed by atoms with E-state index in [9.17, 15) is 4.79 Å². The number of hydrogen-bond donors (Lipinski definition) is 2. The molecule has 0 bridgehead atoms. The molecular weight excluding hydrogens is 387 g/mol. The molecule has 3 nitrogen and oxygen atoms in total. The summed E-state index contributed by atoms with van der Waals surface area (Å²) < 4.78 is 1.18. The molecular formula is C18H22IN2O+. The van der Waals surface area contributed by atoms with Crippen LogP contribution in [0.25, 0.3) is 0 Å². The van der Waals surface area contributed by atoms with Crippen LogP contribution in [0.15, 0.2) is 42.5 Å². The lowest BCUT2D eigenvalue weighted by Crippen LogP contribution is -3.08. The molecule has 0 saturated carbocycles. The third-order valence-electron chi connectivity index (χ3n) is 3.55. The number of hydrogen-bond acceptors (Lipinski definition) is 1. The number of amides is 1. The summed E-state index contributed by atoms with van der Waals surface area (Å²) in [5.41, 5.74) is 4.50. The summed E-state index contributed by atoms with van der Waals surface area (Å²) in [5, 5.41) is 3.00. The number of carbonyl (C=O) groups excluding carboxylic acids is 1. The molecule has 2 rings (SSSR count). The van der Waals surface area contributed by atoms with Crippen molar-refractivity contribution < 1.29 is 9.69 Å². The number of carbonyl (C=O) groups is 1. The highest BCUT2D eigenvalue weighted by Crippen LogP contribution is 2.17. The van der Waals surface area contributed by atoms with E-state index in [2.05, 4.69) is 65.2 Å². The predicted molar refractivity (Wildman–Crippen MR) is 99.2 cm³/mol. The Morgan fingerprint density at radius 2 is 1.82 bits per heavy atom. The fourth-order valence-corrected chi connectivity index (χ4v) is 3.00. The molecule has 0 heterocycles. The lowest BCUT2D eigenvalue weighted by atomic mass is 10.1. The summed E-state index contributed by atoms with van der Waals surface area (Å²) in [6, 6.07) is 14.5. The van der Waals surface area contributed by atoms with Crippen LogP contribution in [0.1, 0.15) is 16.7 Å². The highest BCUT2D eigenvalue weighted by atomic mass is 127. The van der Waals surface area contributed by atoms with Crippen LogP contribution in [0, 0.1) is 17.4 Å². The largest absolute Gasteiger partial charge is 0.326 e. The molecule has 0 spiro atoms. The molecule has 0 aliphatic heterocycles. The lowest BCUT2D eigenvalue weighted by Gasteiger charge is -2.15. The van der Waals surface area contributed by atoms with Crippen molar-refractivity contribution in [2.45, 2.75) is 20.4 Å². The van der Waals surface area contributed by atoms with Crippen LogP contribution in [0.4, 0.5) is 5.69 Å². The van der Waals surface area contributed by atoms with Crippen molar-refractivity contribution in [3.8, 4) is 0 Å². The van der Waals surface area contributed by atoms with Gasteiger partial charge in [0.25, 0.3) is 5.91 Å². The number of quaternary nitrogens is 1. The molecule has 2 aromatic rings. The third-order valence-corrected chi connectivity index (χ3v) is 4.22. The highest BCUT2D eigenvalue weighted by Gasteiger charge is 2.12. The van der Waals surface area contributed by atoms with Gasteiger partial charge in [-0.3, -0.25) is 4.79 Å². The van der Waals surface area contributed by atoms with E-state index in [1.54, 1.807) is 0 Å². The average Bonchev–Trinajstić information content (AvgIpc) is 2.44. The number of halogens is 1. The number of nitrogens with one attached hydrogen (secondary N) is 2. The Bertz CT molecular complexity index is 653. The van der Waals surface area contributed by atoms with Crippen LogP contribution < -0.4 is 10.2 Å². The lowest BCUT2D eigenvalue weighted by molar-refractivity contribution is -0.885. The van der Waals surface area contributed by atoms with Gasteiger partial charge in [-0.2, -0.15) is 0 Å². The SMILES string of the molecule is Cc1ccc(C[NH+](C)CC(=O)Nc2ccc(I)cc2C)cc1. The summed E-state index contributed by atoms with van der Waals surface area (Å²) in [7, 11) is 2.04. The minimum atomic E-state index is 0.0499. The van der Waals surface area contributed by atoms with E-state index >= 15 is 0 Å². The molecule has 2 aromatic carbocycles. The van der Waals surface area contributed by atoms with E-state index in [4.69, 9.17) is 0 Å². The first-order chi connectivity index (χ1) is 10.4. The zero-order valence-corrected chi connectivity index (χ0v) is 15.4. The van der Waals surface area contributed by atoms with Gasteiger partial charge in [-0.15, -0.1) is 0 Å². The number of benzene rings is 2. The van der Waals surface area contributed by atoms with E-state index in [0.717, 1.165) is 17.8 Å². The maximum Gasteiger partial charge on any atom is 0.279 e. The zero-order valence-electron chi connectivity index (χ0n) is 13.2. The van der Waals surface area contributed by atoms with E-state index in [-0.39, 0.29) is 5.91 Å². The minimum Gasteiger partial charge on any atom is -0.326 e. The van der Waals surface area contributed by atoms with Crippen molar-refractivity contribution >= 4 is 34.2 Å². The van der Waals surface area contributed by atoms with Crippen molar-refractivity contribution in [2.75, 3.05) is 18.9 Å². The summed E-state index contributed by atoms with van der Waals surface area (Å²) in [6.07, 6.45) is 0. The van der Waals surface area contributed by atoms with Crippen LogP contribution in [-0.4, -0.2) is 19.5 Å². The van der Waals surface area contributed by atoms with E-state index in [1.165, 1.54) is 19.6 Å². The van der Waals surface area contributed by atoms with Gasteiger partial charge in [-0.1, -0.05) is 29.8 Å². The second-order valence-corrected chi connectivity index (χ2v) is 7.05. The Kier molecular flexibility index (Phi) is 5.97. The molecule has 1 amide bonds. The molecule has 1 unspecified atom stereocenters. The topological polar surface area (TPSA) is 33.5 Å². The second-order valence-electron chi connectivity index (χ2n) is 5.80. The van der Waals surface area contributed by atoms with Gasteiger partial charge in [0, 0.05) is 14.8 Å². The molecule has 116 valence electrons. The molecule has 0 aliphatic carbocycles. The van der Waals surface area contributed by atoms with Crippen molar-refractivity contribution in [1.29, 1.82) is 0 Å². The van der Waals surface area contributed by atoms with Gasteiger partial charge in [0.05, 0.1) is 7.05 Å². The molecule has 22 heavy (non-hydrogen) atoms. The van der Waals surface area contributed by atoms with Crippen molar-refractivity contribution in [3.63, 3.8) is 0 Å². The zero-order chi connectivity index (χ0) is 16.1. The number of likely N-dealkylation sites (N-methyl/N-ethyl adjacent to an activating group) is 1. The fourth-order valence-electron chi connectivity index (χ4n) is 2.35. The fraction of sp³-hybridized carbons (Fsp3) is 0.278. The molecule has 1 atom stereocenters. The van der Waals surface area contributed by atoms with Gasteiger partial charge in [0.2, 0.25) is 0 Å². The van der Waals surface area contributed by atoms with Gasteiger partial charge in [-0.25, -0.2) is 0 Å². The molecule has 0 radical (unpaired) electrons. The Balaban J connectivity index is 1.89. The predicted octanol–water partition coefficient (Wildman–Crippen LogP) is 2.56. The molecule has 2 N–H and O–H groups in total. The summed E-state index contributed by atoms with van der Waals surface area (Å²) in [6.45, 7) is 5.40. The normalized spacial score (nSPS) is 12.0. The Morgan fingerprint density at radius 1 is 1.14 bits per heavy atom. The maximum absolute atomic E-state index is 12.2. The van der Waals surface area contributed by atoms with Crippen LogP contribution in [0.2, 0.25) is 0 Å². The molecule has 0 fully saturated rings. The second kappa shape index (κ2) is 7.74.